The van der Waals surface area contributed by atoms with Crippen molar-refractivity contribution in [1.82, 2.24) is 5.32 Å². The maximum absolute atomic E-state index is 11.9. The first-order chi connectivity index (χ1) is 8.60. The van der Waals surface area contributed by atoms with Gasteiger partial charge in [0, 0.05) is 17.1 Å². The van der Waals surface area contributed by atoms with Gasteiger partial charge in [-0.25, -0.2) is 8.42 Å². The molecule has 0 saturated carbocycles. The van der Waals surface area contributed by atoms with Crippen molar-refractivity contribution < 1.29 is 13.2 Å². The molecule has 3 N–H and O–H groups in total. The third-order valence-corrected chi connectivity index (χ3v) is 4.12. The minimum atomic E-state index is -3.66. The molecule has 0 atom stereocenters. The molecule has 0 heterocycles. The molecule has 1 aromatic carbocycles. The zero-order chi connectivity index (χ0) is 14.7. The number of hydrogen-bond acceptors (Lipinski definition) is 4. The quantitative estimate of drug-likeness (QED) is 0.848. The van der Waals surface area contributed by atoms with Crippen molar-refractivity contribution in [3.05, 3.63) is 29.3 Å². The van der Waals surface area contributed by atoms with Crippen LogP contribution in [-0.4, -0.2) is 32.2 Å². The average molecular weight is 305 g/mol. The third-order valence-electron chi connectivity index (χ3n) is 2.24. The zero-order valence-corrected chi connectivity index (χ0v) is 12.4. The fourth-order valence-corrected chi connectivity index (χ4v) is 2.57. The van der Waals surface area contributed by atoms with Gasteiger partial charge in [-0.3, -0.25) is 4.79 Å². The lowest BCUT2D eigenvalue weighted by Gasteiger charge is -2.18. The van der Waals surface area contributed by atoms with Crippen molar-refractivity contribution in [1.29, 1.82) is 0 Å². The van der Waals surface area contributed by atoms with E-state index in [2.05, 4.69) is 5.32 Å². The van der Waals surface area contributed by atoms with Crippen LogP contribution in [0.25, 0.3) is 0 Å². The van der Waals surface area contributed by atoms with Crippen LogP contribution >= 0.6 is 11.6 Å². The van der Waals surface area contributed by atoms with Gasteiger partial charge in [-0.05, 0) is 38.1 Å². The summed E-state index contributed by atoms with van der Waals surface area (Å²) in [5, 5.41) is 2.93. The van der Waals surface area contributed by atoms with Crippen LogP contribution in [0.15, 0.2) is 29.2 Å². The normalized spacial score (nSPS) is 12.2. The van der Waals surface area contributed by atoms with E-state index in [-0.39, 0.29) is 11.4 Å². The molecule has 7 heteroatoms. The zero-order valence-electron chi connectivity index (χ0n) is 10.8. The molecule has 1 aromatic rings. The Kier molecular flexibility index (Phi) is 4.95. The van der Waals surface area contributed by atoms with E-state index in [0.29, 0.717) is 5.02 Å². The molecule has 0 aliphatic heterocycles. The number of nitrogens with two attached hydrogens (primary N) is 1. The lowest BCUT2D eigenvalue weighted by atomic mass is 10.1. The highest BCUT2D eigenvalue weighted by Crippen LogP contribution is 2.15. The SMILES string of the molecule is CC(C)(N)CNC(=O)CS(=O)(=O)c1ccc(Cl)cc1. The summed E-state index contributed by atoms with van der Waals surface area (Å²) in [6.45, 7) is 3.68. The predicted octanol–water partition coefficient (Wildman–Crippen LogP) is 0.967. The largest absolute Gasteiger partial charge is 0.353 e. The van der Waals surface area contributed by atoms with Crippen molar-refractivity contribution in [2.45, 2.75) is 24.3 Å². The average Bonchev–Trinajstić information content (AvgIpc) is 2.25. The molecule has 0 saturated heterocycles. The van der Waals surface area contributed by atoms with Crippen LogP contribution in [0, 0.1) is 0 Å². The molecule has 0 spiro atoms. The molecule has 0 radical (unpaired) electrons. The highest BCUT2D eigenvalue weighted by molar-refractivity contribution is 7.92. The molecule has 5 nitrogen and oxygen atoms in total. The summed E-state index contributed by atoms with van der Waals surface area (Å²) in [4.78, 5) is 11.6. The molecular formula is C12H17ClN2O3S. The van der Waals surface area contributed by atoms with Crippen molar-refractivity contribution in [2.24, 2.45) is 5.73 Å². The van der Waals surface area contributed by atoms with Crippen molar-refractivity contribution in [2.75, 3.05) is 12.3 Å². The summed E-state index contributed by atoms with van der Waals surface area (Å²) in [6.07, 6.45) is 0. The van der Waals surface area contributed by atoms with Gasteiger partial charge >= 0.3 is 0 Å². The lowest BCUT2D eigenvalue weighted by Crippen LogP contribution is -2.46. The highest BCUT2D eigenvalue weighted by atomic mass is 35.5. The Morgan fingerprint density at radius 2 is 1.84 bits per heavy atom. The Labute approximate surface area is 118 Å². The maximum Gasteiger partial charge on any atom is 0.235 e. The summed E-state index contributed by atoms with van der Waals surface area (Å²) in [5.41, 5.74) is 5.11. The lowest BCUT2D eigenvalue weighted by molar-refractivity contribution is -0.118. The van der Waals surface area contributed by atoms with E-state index in [1.807, 2.05) is 0 Å². The maximum atomic E-state index is 11.9. The van der Waals surface area contributed by atoms with Gasteiger partial charge < -0.3 is 11.1 Å². The fourth-order valence-electron chi connectivity index (χ4n) is 1.28. The summed E-state index contributed by atoms with van der Waals surface area (Å²) < 4.78 is 23.9. The first-order valence-corrected chi connectivity index (χ1v) is 7.67. The Hall–Kier alpha value is -1.11. The predicted molar refractivity (Wildman–Crippen MR) is 74.8 cm³/mol. The molecular weight excluding hydrogens is 288 g/mol. The monoisotopic (exact) mass is 304 g/mol. The Morgan fingerprint density at radius 1 is 1.32 bits per heavy atom. The minimum absolute atomic E-state index is 0.0686. The molecule has 19 heavy (non-hydrogen) atoms. The standard InChI is InChI=1S/C12H17ClN2O3S/c1-12(2,14)8-15-11(16)7-19(17,18)10-5-3-9(13)4-6-10/h3-6H,7-8,14H2,1-2H3,(H,15,16). The summed E-state index contributed by atoms with van der Waals surface area (Å²) in [5.74, 6) is -1.18. The van der Waals surface area contributed by atoms with E-state index in [4.69, 9.17) is 17.3 Å². The van der Waals surface area contributed by atoms with Crippen LogP contribution < -0.4 is 11.1 Å². The van der Waals surface area contributed by atoms with E-state index in [1.54, 1.807) is 13.8 Å². The summed E-state index contributed by atoms with van der Waals surface area (Å²) in [7, 11) is -3.66. The van der Waals surface area contributed by atoms with Crippen LogP contribution in [0.2, 0.25) is 5.02 Å². The first-order valence-electron chi connectivity index (χ1n) is 5.64. The Bertz CT molecular complexity index is 547. The molecule has 1 rings (SSSR count). The highest BCUT2D eigenvalue weighted by Gasteiger charge is 2.20. The number of halogens is 1. The van der Waals surface area contributed by atoms with E-state index in [0.717, 1.165) is 0 Å². The van der Waals surface area contributed by atoms with Gasteiger partial charge in [0.05, 0.1) is 4.90 Å². The summed E-state index contributed by atoms with van der Waals surface area (Å²) in [6, 6.07) is 5.68. The van der Waals surface area contributed by atoms with Crippen molar-refractivity contribution >= 4 is 27.3 Å². The molecule has 0 fully saturated rings. The van der Waals surface area contributed by atoms with Crippen LogP contribution in [-0.2, 0) is 14.6 Å². The third kappa shape index (κ3) is 5.59. The van der Waals surface area contributed by atoms with E-state index in [9.17, 15) is 13.2 Å². The number of benzene rings is 1. The molecule has 1 amide bonds. The number of sulfone groups is 1. The molecule has 106 valence electrons. The molecule has 0 aliphatic carbocycles. The number of carbonyl (C=O) groups is 1. The van der Waals surface area contributed by atoms with Gasteiger partial charge in [0.15, 0.2) is 9.84 Å². The number of hydrogen-bond donors (Lipinski definition) is 2. The number of nitrogens with one attached hydrogen (secondary N) is 1. The molecule has 0 bridgehead atoms. The topological polar surface area (TPSA) is 89.3 Å². The fraction of sp³-hybridized carbons (Fsp3) is 0.417. The van der Waals surface area contributed by atoms with E-state index >= 15 is 0 Å². The van der Waals surface area contributed by atoms with Crippen molar-refractivity contribution in [3.63, 3.8) is 0 Å². The number of carbonyl (C=O) groups excluding carboxylic acids is 1. The minimum Gasteiger partial charge on any atom is -0.353 e. The van der Waals surface area contributed by atoms with Crippen LogP contribution in [0.5, 0.6) is 0 Å². The Morgan fingerprint density at radius 3 is 2.32 bits per heavy atom. The molecule has 0 unspecified atom stereocenters. The number of rotatable bonds is 5. The molecule has 0 aliphatic rings. The second-order valence-electron chi connectivity index (χ2n) is 4.98. The van der Waals surface area contributed by atoms with Gasteiger partial charge in [-0.2, -0.15) is 0 Å². The first kappa shape index (κ1) is 15.9. The van der Waals surface area contributed by atoms with Gasteiger partial charge in [-0.1, -0.05) is 11.6 Å². The van der Waals surface area contributed by atoms with E-state index < -0.39 is 27.0 Å². The Balaban J connectivity index is 2.70. The van der Waals surface area contributed by atoms with Crippen LogP contribution in [0.1, 0.15) is 13.8 Å². The van der Waals surface area contributed by atoms with Gasteiger partial charge in [-0.15, -0.1) is 0 Å². The second-order valence-corrected chi connectivity index (χ2v) is 7.40. The van der Waals surface area contributed by atoms with Crippen LogP contribution in [0.4, 0.5) is 0 Å². The molecule has 0 aromatic heterocycles. The van der Waals surface area contributed by atoms with Crippen molar-refractivity contribution in [3.8, 4) is 0 Å². The number of amides is 1. The van der Waals surface area contributed by atoms with Gasteiger partial charge in [0.1, 0.15) is 5.75 Å². The second kappa shape index (κ2) is 5.90. The van der Waals surface area contributed by atoms with Gasteiger partial charge in [0.2, 0.25) is 5.91 Å². The van der Waals surface area contributed by atoms with Gasteiger partial charge in [0.25, 0.3) is 0 Å². The summed E-state index contributed by atoms with van der Waals surface area (Å²) >= 11 is 5.68. The van der Waals surface area contributed by atoms with E-state index in [1.165, 1.54) is 24.3 Å². The van der Waals surface area contributed by atoms with Crippen LogP contribution in [0.3, 0.4) is 0 Å². The smallest absolute Gasteiger partial charge is 0.235 e.